The molecule has 1 aromatic heterocycles. The molecule has 11 heavy (non-hydrogen) atoms. The molecule has 0 aliphatic heterocycles. The smallest absolute Gasteiger partial charge is 0.155 e. The van der Waals surface area contributed by atoms with Crippen LogP contribution in [0.25, 0.3) is 10.2 Å². The van der Waals surface area contributed by atoms with Crippen LogP contribution in [0.2, 0.25) is 0 Å². The second-order valence-corrected chi connectivity index (χ2v) is 5.66. The molecule has 4 heteroatoms. The van der Waals surface area contributed by atoms with E-state index in [2.05, 4.69) is 43.5 Å². The van der Waals surface area contributed by atoms with Gasteiger partial charge in [-0.05, 0) is 50.7 Å². The molecular formula is C7H3BrINS. The van der Waals surface area contributed by atoms with Crippen molar-refractivity contribution in [2.45, 2.75) is 0 Å². The Bertz CT molecular complexity index is 398. The highest BCUT2D eigenvalue weighted by Gasteiger charge is 2.02. The van der Waals surface area contributed by atoms with Gasteiger partial charge in [0.1, 0.15) is 0 Å². The predicted octanol–water partition coefficient (Wildman–Crippen LogP) is 3.66. The number of aromatic nitrogens is 1. The Morgan fingerprint density at radius 3 is 3.00 bits per heavy atom. The summed E-state index contributed by atoms with van der Waals surface area (Å²) in [6, 6.07) is 6.07. The summed E-state index contributed by atoms with van der Waals surface area (Å²) in [4.78, 5) is 4.35. The van der Waals surface area contributed by atoms with E-state index >= 15 is 0 Å². The Hall–Kier alpha value is 0.320. The Kier molecular flexibility index (Phi) is 2.16. The van der Waals surface area contributed by atoms with Gasteiger partial charge in [-0.3, -0.25) is 0 Å². The van der Waals surface area contributed by atoms with Crippen molar-refractivity contribution < 1.29 is 0 Å². The number of halogens is 2. The molecular weight excluding hydrogens is 337 g/mol. The summed E-state index contributed by atoms with van der Waals surface area (Å²) in [6.07, 6.45) is 0. The second kappa shape index (κ2) is 2.99. The zero-order chi connectivity index (χ0) is 7.84. The molecule has 2 aromatic rings. The number of rotatable bonds is 0. The van der Waals surface area contributed by atoms with Gasteiger partial charge in [0.05, 0.1) is 10.2 Å². The maximum atomic E-state index is 4.35. The van der Waals surface area contributed by atoms with E-state index in [-0.39, 0.29) is 0 Å². The highest BCUT2D eigenvalue weighted by Crippen LogP contribution is 2.29. The van der Waals surface area contributed by atoms with Crippen molar-refractivity contribution in [3.05, 3.63) is 25.7 Å². The summed E-state index contributed by atoms with van der Waals surface area (Å²) in [5, 5.41) is 0. The molecule has 0 spiro atoms. The maximum Gasteiger partial charge on any atom is 0.155 e. The van der Waals surface area contributed by atoms with Gasteiger partial charge in [0.15, 0.2) is 3.01 Å². The first-order valence-electron chi connectivity index (χ1n) is 2.98. The maximum absolute atomic E-state index is 4.35. The van der Waals surface area contributed by atoms with Crippen LogP contribution >= 0.6 is 49.9 Å². The molecule has 0 fully saturated rings. The first-order valence-corrected chi connectivity index (χ1v) is 5.67. The molecule has 0 N–H and O–H groups in total. The molecule has 1 heterocycles. The van der Waals surface area contributed by atoms with Gasteiger partial charge in [-0.1, -0.05) is 6.07 Å². The molecule has 1 nitrogen and oxygen atoms in total. The standard InChI is InChI=1S/C7H3BrINS/c8-4-2-1-3-5-6(4)11-7(9)10-5/h1-3H. The van der Waals surface area contributed by atoms with Crippen molar-refractivity contribution in [3.63, 3.8) is 0 Å². The second-order valence-electron chi connectivity index (χ2n) is 2.05. The highest BCUT2D eigenvalue weighted by molar-refractivity contribution is 14.1. The van der Waals surface area contributed by atoms with E-state index in [4.69, 9.17) is 0 Å². The summed E-state index contributed by atoms with van der Waals surface area (Å²) >= 11 is 7.42. The normalized spacial score (nSPS) is 10.7. The van der Waals surface area contributed by atoms with Crippen LogP contribution in [0.15, 0.2) is 22.7 Å². The van der Waals surface area contributed by atoms with Gasteiger partial charge in [0.2, 0.25) is 0 Å². The van der Waals surface area contributed by atoms with Crippen LogP contribution < -0.4 is 0 Å². The fraction of sp³-hybridized carbons (Fsp3) is 0. The van der Waals surface area contributed by atoms with Gasteiger partial charge in [0.25, 0.3) is 0 Å². The van der Waals surface area contributed by atoms with E-state index in [1.54, 1.807) is 11.3 Å². The van der Waals surface area contributed by atoms with E-state index in [0.717, 1.165) is 13.0 Å². The van der Waals surface area contributed by atoms with Gasteiger partial charge in [-0.15, -0.1) is 11.3 Å². The van der Waals surface area contributed by atoms with Crippen LogP contribution in [-0.4, -0.2) is 4.98 Å². The summed E-state index contributed by atoms with van der Waals surface area (Å²) in [5.74, 6) is 0. The first kappa shape index (κ1) is 7.94. The van der Waals surface area contributed by atoms with E-state index in [9.17, 15) is 0 Å². The minimum absolute atomic E-state index is 1.08. The SMILES string of the molecule is Brc1cccc2nc(I)sc12. The molecule has 1 aromatic carbocycles. The quantitative estimate of drug-likeness (QED) is 0.667. The van der Waals surface area contributed by atoms with Crippen LogP contribution in [0.3, 0.4) is 0 Å². The van der Waals surface area contributed by atoms with E-state index in [1.807, 2.05) is 18.2 Å². The fourth-order valence-corrected chi connectivity index (χ4v) is 3.10. The molecule has 0 atom stereocenters. The number of benzene rings is 1. The summed E-state index contributed by atoms with van der Waals surface area (Å²) < 4.78 is 3.46. The molecule has 2 rings (SSSR count). The number of fused-ring (bicyclic) bond motifs is 1. The Balaban J connectivity index is 2.90. The third-order valence-corrected chi connectivity index (χ3v) is 4.06. The van der Waals surface area contributed by atoms with E-state index < -0.39 is 0 Å². The molecule has 0 saturated heterocycles. The lowest BCUT2D eigenvalue weighted by atomic mass is 10.3. The average Bonchev–Trinajstić information content (AvgIpc) is 2.31. The van der Waals surface area contributed by atoms with Crippen LogP contribution in [0, 0.1) is 3.01 Å². The van der Waals surface area contributed by atoms with E-state index in [0.29, 0.717) is 0 Å². The van der Waals surface area contributed by atoms with Crippen molar-refractivity contribution in [2.75, 3.05) is 0 Å². The first-order chi connectivity index (χ1) is 5.27. The van der Waals surface area contributed by atoms with Gasteiger partial charge in [0, 0.05) is 4.47 Å². The molecule has 0 saturated carbocycles. The van der Waals surface area contributed by atoms with Gasteiger partial charge in [-0.25, -0.2) is 4.98 Å². The third kappa shape index (κ3) is 1.43. The lowest BCUT2D eigenvalue weighted by Gasteiger charge is -1.88. The minimum Gasteiger partial charge on any atom is -0.230 e. The fourth-order valence-electron chi connectivity index (χ4n) is 0.888. The van der Waals surface area contributed by atoms with Crippen molar-refractivity contribution in [3.8, 4) is 0 Å². The van der Waals surface area contributed by atoms with Crippen molar-refractivity contribution in [1.29, 1.82) is 0 Å². The number of nitrogens with zero attached hydrogens (tertiary/aromatic N) is 1. The monoisotopic (exact) mass is 339 g/mol. The molecule has 0 aliphatic carbocycles. The molecule has 56 valence electrons. The number of hydrogen-bond acceptors (Lipinski definition) is 2. The Labute approximate surface area is 90.1 Å². The summed E-state index contributed by atoms with van der Waals surface area (Å²) in [6.45, 7) is 0. The summed E-state index contributed by atoms with van der Waals surface area (Å²) in [7, 11) is 0. The molecule has 0 unspecified atom stereocenters. The number of thiazole rings is 1. The van der Waals surface area contributed by atoms with Crippen LogP contribution in [0.4, 0.5) is 0 Å². The average molecular weight is 340 g/mol. The summed E-state index contributed by atoms with van der Waals surface area (Å²) in [5.41, 5.74) is 1.08. The van der Waals surface area contributed by atoms with Crippen molar-refractivity contribution in [1.82, 2.24) is 4.98 Å². The highest BCUT2D eigenvalue weighted by atomic mass is 127. The molecule has 0 radical (unpaired) electrons. The molecule has 0 amide bonds. The third-order valence-electron chi connectivity index (χ3n) is 1.34. The van der Waals surface area contributed by atoms with Crippen LogP contribution in [0.5, 0.6) is 0 Å². The lowest BCUT2D eigenvalue weighted by molar-refractivity contribution is 1.44. The lowest BCUT2D eigenvalue weighted by Crippen LogP contribution is -1.67. The Morgan fingerprint density at radius 2 is 2.27 bits per heavy atom. The number of hydrogen-bond donors (Lipinski definition) is 0. The Morgan fingerprint density at radius 1 is 1.45 bits per heavy atom. The zero-order valence-corrected chi connectivity index (χ0v) is 9.90. The topological polar surface area (TPSA) is 12.9 Å². The van der Waals surface area contributed by atoms with Crippen molar-refractivity contribution >= 4 is 60.1 Å². The van der Waals surface area contributed by atoms with Crippen LogP contribution in [0.1, 0.15) is 0 Å². The van der Waals surface area contributed by atoms with Gasteiger partial charge >= 0.3 is 0 Å². The van der Waals surface area contributed by atoms with Gasteiger partial charge < -0.3 is 0 Å². The van der Waals surface area contributed by atoms with Gasteiger partial charge in [-0.2, -0.15) is 0 Å². The predicted molar refractivity (Wildman–Crippen MR) is 60.0 cm³/mol. The van der Waals surface area contributed by atoms with Crippen molar-refractivity contribution in [2.24, 2.45) is 0 Å². The molecule has 0 bridgehead atoms. The largest absolute Gasteiger partial charge is 0.230 e. The zero-order valence-electron chi connectivity index (χ0n) is 5.34. The van der Waals surface area contributed by atoms with E-state index in [1.165, 1.54) is 4.70 Å². The van der Waals surface area contributed by atoms with Crippen LogP contribution in [-0.2, 0) is 0 Å². The minimum atomic E-state index is 1.08. The molecule has 0 aliphatic rings.